The Morgan fingerprint density at radius 1 is 0.968 bits per heavy atom. The van der Waals surface area contributed by atoms with Crippen molar-refractivity contribution in [1.82, 2.24) is 10.2 Å². The second kappa shape index (κ2) is 10.9. The molecule has 1 heterocycles. The molecule has 2 aromatic rings. The summed E-state index contributed by atoms with van der Waals surface area (Å²) < 4.78 is 0. The predicted octanol–water partition coefficient (Wildman–Crippen LogP) is 4.27. The van der Waals surface area contributed by atoms with Crippen molar-refractivity contribution in [3.8, 4) is 0 Å². The lowest BCUT2D eigenvalue weighted by Gasteiger charge is -2.37. The van der Waals surface area contributed by atoms with Crippen LogP contribution in [0, 0.1) is 11.8 Å². The number of carbonyl (C=O) groups excluding carboxylic acids is 2. The largest absolute Gasteiger partial charge is 0.368 e. The molecule has 5 nitrogen and oxygen atoms in total. The molecule has 2 aromatic carbocycles. The lowest BCUT2D eigenvalue weighted by molar-refractivity contribution is -0.136. The van der Waals surface area contributed by atoms with Crippen LogP contribution in [0.15, 0.2) is 48.5 Å². The second-order valence-corrected chi connectivity index (χ2v) is 9.01. The molecule has 0 aliphatic carbocycles. The van der Waals surface area contributed by atoms with E-state index >= 15 is 0 Å². The minimum Gasteiger partial charge on any atom is -0.368 e. The van der Waals surface area contributed by atoms with E-state index in [2.05, 4.69) is 10.2 Å². The van der Waals surface area contributed by atoms with Crippen LogP contribution in [0.2, 0.25) is 10.0 Å². The first-order chi connectivity index (χ1) is 14.8. The molecule has 1 fully saturated rings. The van der Waals surface area contributed by atoms with Crippen molar-refractivity contribution in [2.75, 3.05) is 37.6 Å². The summed E-state index contributed by atoms with van der Waals surface area (Å²) in [7, 11) is 0. The minimum absolute atomic E-state index is 0.0321. The molecule has 0 bridgehead atoms. The molecule has 0 aromatic heterocycles. The molecule has 166 valence electrons. The standard InChI is InChI=1S/C24H29Cl2N3O2/c1-17(2)23(30)27-16-19(14-18-6-4-3-5-7-18)24(31)29-12-10-28(11-13-29)20-8-9-21(25)22(26)15-20/h3-9,15,17,19H,10-14,16H2,1-2H3,(H,27,30). The van der Waals surface area contributed by atoms with Gasteiger partial charge in [0.25, 0.3) is 0 Å². The number of rotatable bonds is 7. The van der Waals surface area contributed by atoms with Crippen LogP contribution < -0.4 is 10.2 Å². The summed E-state index contributed by atoms with van der Waals surface area (Å²) in [5.74, 6) is -0.346. The third-order valence-electron chi connectivity index (χ3n) is 5.58. The minimum atomic E-state index is -0.290. The van der Waals surface area contributed by atoms with Crippen LogP contribution in [0.1, 0.15) is 19.4 Å². The third kappa shape index (κ3) is 6.37. The molecular formula is C24H29Cl2N3O2. The molecule has 1 saturated heterocycles. The van der Waals surface area contributed by atoms with Gasteiger partial charge in [0.1, 0.15) is 0 Å². The summed E-state index contributed by atoms with van der Waals surface area (Å²) in [5, 5.41) is 4.01. The summed E-state index contributed by atoms with van der Waals surface area (Å²) in [6.45, 7) is 6.75. The van der Waals surface area contributed by atoms with Gasteiger partial charge in [-0.05, 0) is 30.2 Å². The zero-order valence-corrected chi connectivity index (χ0v) is 19.5. The number of hydrogen-bond donors (Lipinski definition) is 1. The molecule has 3 rings (SSSR count). The zero-order chi connectivity index (χ0) is 22.4. The molecule has 7 heteroatoms. The van der Waals surface area contributed by atoms with Crippen LogP contribution in [0.25, 0.3) is 0 Å². The molecule has 2 amide bonds. The highest BCUT2D eigenvalue weighted by atomic mass is 35.5. The van der Waals surface area contributed by atoms with Crippen molar-refractivity contribution in [3.63, 3.8) is 0 Å². The first kappa shape index (κ1) is 23.4. The van der Waals surface area contributed by atoms with Crippen molar-refractivity contribution >= 4 is 40.7 Å². The van der Waals surface area contributed by atoms with E-state index in [1.54, 1.807) is 6.07 Å². The van der Waals surface area contributed by atoms with Crippen molar-refractivity contribution in [2.24, 2.45) is 11.8 Å². The fraction of sp³-hybridized carbons (Fsp3) is 0.417. The van der Waals surface area contributed by atoms with Crippen LogP contribution in [0.3, 0.4) is 0 Å². The average molecular weight is 462 g/mol. The summed E-state index contributed by atoms with van der Waals surface area (Å²) in [5.41, 5.74) is 2.10. The highest BCUT2D eigenvalue weighted by Gasteiger charge is 2.28. The fourth-order valence-electron chi connectivity index (χ4n) is 3.70. The number of benzene rings is 2. The first-order valence-corrected chi connectivity index (χ1v) is 11.4. The van der Waals surface area contributed by atoms with Gasteiger partial charge in [-0.2, -0.15) is 0 Å². The summed E-state index contributed by atoms with van der Waals surface area (Å²) in [6, 6.07) is 15.6. The van der Waals surface area contributed by atoms with Crippen LogP contribution >= 0.6 is 23.2 Å². The smallest absolute Gasteiger partial charge is 0.227 e. The predicted molar refractivity (Wildman–Crippen MR) is 127 cm³/mol. The fourth-order valence-corrected chi connectivity index (χ4v) is 3.99. The van der Waals surface area contributed by atoms with Gasteiger partial charge in [0.15, 0.2) is 0 Å². The molecule has 0 spiro atoms. The maximum atomic E-state index is 13.3. The first-order valence-electron chi connectivity index (χ1n) is 10.7. The van der Waals surface area contributed by atoms with Gasteiger partial charge in [-0.3, -0.25) is 9.59 Å². The van der Waals surface area contributed by atoms with E-state index in [0.29, 0.717) is 36.1 Å². The Kier molecular flexibility index (Phi) is 8.22. The summed E-state index contributed by atoms with van der Waals surface area (Å²) >= 11 is 12.2. The van der Waals surface area contributed by atoms with E-state index in [-0.39, 0.29) is 23.7 Å². The van der Waals surface area contributed by atoms with Gasteiger partial charge in [-0.15, -0.1) is 0 Å². The SMILES string of the molecule is CC(C)C(=O)NCC(Cc1ccccc1)C(=O)N1CCN(c2ccc(Cl)c(Cl)c2)CC1. The number of halogens is 2. The van der Waals surface area contributed by atoms with Crippen LogP contribution in [-0.2, 0) is 16.0 Å². The molecule has 0 radical (unpaired) electrons. The van der Waals surface area contributed by atoms with Gasteiger partial charge >= 0.3 is 0 Å². The van der Waals surface area contributed by atoms with Gasteiger partial charge in [0.05, 0.1) is 16.0 Å². The Morgan fingerprint density at radius 3 is 2.26 bits per heavy atom. The number of hydrogen-bond acceptors (Lipinski definition) is 3. The number of anilines is 1. The normalized spacial score (nSPS) is 15.1. The van der Waals surface area contributed by atoms with Gasteiger partial charge in [-0.1, -0.05) is 67.4 Å². The number of piperazine rings is 1. The molecule has 1 aliphatic heterocycles. The number of nitrogens with one attached hydrogen (secondary N) is 1. The van der Waals surface area contributed by atoms with Gasteiger partial charge < -0.3 is 15.1 Å². The van der Waals surface area contributed by atoms with E-state index in [1.807, 2.05) is 61.2 Å². The molecular weight excluding hydrogens is 433 g/mol. The Morgan fingerprint density at radius 2 is 1.65 bits per heavy atom. The Balaban J connectivity index is 1.64. The Hall–Kier alpha value is -2.24. The van der Waals surface area contributed by atoms with E-state index < -0.39 is 0 Å². The van der Waals surface area contributed by atoms with Crippen molar-refractivity contribution in [2.45, 2.75) is 20.3 Å². The Labute approximate surface area is 194 Å². The van der Waals surface area contributed by atoms with Crippen LogP contribution in [0.4, 0.5) is 5.69 Å². The molecule has 0 saturated carbocycles. The summed E-state index contributed by atoms with van der Waals surface area (Å²) in [6.07, 6.45) is 0.602. The van der Waals surface area contributed by atoms with Crippen molar-refractivity contribution < 1.29 is 9.59 Å². The molecule has 1 aliphatic rings. The van der Waals surface area contributed by atoms with Crippen LogP contribution in [0.5, 0.6) is 0 Å². The van der Waals surface area contributed by atoms with Crippen LogP contribution in [-0.4, -0.2) is 49.4 Å². The zero-order valence-electron chi connectivity index (χ0n) is 18.0. The van der Waals surface area contributed by atoms with E-state index in [0.717, 1.165) is 24.3 Å². The van der Waals surface area contributed by atoms with Crippen molar-refractivity contribution in [1.29, 1.82) is 0 Å². The quantitative estimate of drug-likeness (QED) is 0.669. The Bertz CT molecular complexity index is 897. The maximum Gasteiger partial charge on any atom is 0.227 e. The van der Waals surface area contributed by atoms with Gasteiger partial charge in [-0.25, -0.2) is 0 Å². The van der Waals surface area contributed by atoms with E-state index in [9.17, 15) is 9.59 Å². The lowest BCUT2D eigenvalue weighted by Crippen LogP contribution is -2.52. The van der Waals surface area contributed by atoms with Gasteiger partial charge in [0.2, 0.25) is 11.8 Å². The average Bonchev–Trinajstić information content (AvgIpc) is 2.78. The monoisotopic (exact) mass is 461 g/mol. The van der Waals surface area contributed by atoms with E-state index in [4.69, 9.17) is 23.2 Å². The van der Waals surface area contributed by atoms with Crippen molar-refractivity contribution in [3.05, 3.63) is 64.1 Å². The van der Waals surface area contributed by atoms with Gasteiger partial charge in [0, 0.05) is 44.3 Å². The summed E-state index contributed by atoms with van der Waals surface area (Å²) in [4.78, 5) is 29.5. The molecule has 1 unspecified atom stereocenters. The molecule has 1 atom stereocenters. The highest BCUT2D eigenvalue weighted by molar-refractivity contribution is 6.42. The third-order valence-corrected chi connectivity index (χ3v) is 6.32. The number of amides is 2. The number of carbonyl (C=O) groups is 2. The maximum absolute atomic E-state index is 13.3. The highest BCUT2D eigenvalue weighted by Crippen LogP contribution is 2.28. The van der Waals surface area contributed by atoms with E-state index in [1.165, 1.54) is 0 Å². The number of nitrogens with zero attached hydrogens (tertiary/aromatic N) is 2. The lowest BCUT2D eigenvalue weighted by atomic mass is 9.97. The molecule has 31 heavy (non-hydrogen) atoms. The second-order valence-electron chi connectivity index (χ2n) is 8.20. The molecule has 1 N–H and O–H groups in total. The topological polar surface area (TPSA) is 52.7 Å².